The van der Waals surface area contributed by atoms with Gasteiger partial charge < -0.3 is 10.2 Å². The lowest BCUT2D eigenvalue weighted by Crippen LogP contribution is -2.41. The largest absolute Gasteiger partial charge is 0.365 e. The van der Waals surface area contributed by atoms with E-state index in [0.717, 1.165) is 17.6 Å². The maximum absolute atomic E-state index is 3.49. The van der Waals surface area contributed by atoms with Crippen molar-refractivity contribution in [2.24, 2.45) is 0 Å². The normalized spacial score (nSPS) is 26.6. The van der Waals surface area contributed by atoms with Crippen molar-refractivity contribution in [3.05, 3.63) is 28.7 Å². The lowest BCUT2D eigenvalue weighted by atomic mass is 10.1. The van der Waals surface area contributed by atoms with Crippen LogP contribution in [0.1, 0.15) is 20.3 Å². The van der Waals surface area contributed by atoms with Crippen molar-refractivity contribution in [3.63, 3.8) is 0 Å². The van der Waals surface area contributed by atoms with Crippen molar-refractivity contribution in [2.45, 2.75) is 32.4 Å². The Morgan fingerprint density at radius 2 is 1.88 bits per heavy atom. The predicted molar refractivity (Wildman–Crippen MR) is 73.0 cm³/mol. The van der Waals surface area contributed by atoms with E-state index in [-0.39, 0.29) is 0 Å². The first-order valence-electron chi connectivity index (χ1n) is 5.93. The average Bonchev–Trinajstić information content (AvgIpc) is 2.42. The molecule has 0 aromatic heterocycles. The van der Waals surface area contributed by atoms with Crippen LogP contribution in [0.5, 0.6) is 0 Å². The summed E-state index contributed by atoms with van der Waals surface area (Å²) in [5.74, 6) is 0. The van der Waals surface area contributed by atoms with Crippen LogP contribution in [-0.4, -0.2) is 25.2 Å². The summed E-state index contributed by atoms with van der Waals surface area (Å²) in [4.78, 5) is 2.52. The second kappa shape index (κ2) is 5.19. The first kappa shape index (κ1) is 11.9. The Balaban J connectivity index is 2.24. The zero-order valence-corrected chi connectivity index (χ0v) is 11.5. The number of anilines is 1. The van der Waals surface area contributed by atoms with Gasteiger partial charge in [-0.25, -0.2) is 0 Å². The Kier molecular flexibility index (Phi) is 3.87. The minimum absolute atomic E-state index is 0.554. The molecule has 1 N–H and O–H groups in total. The summed E-state index contributed by atoms with van der Waals surface area (Å²) >= 11 is 3.48. The first-order chi connectivity index (χ1) is 7.68. The van der Waals surface area contributed by atoms with E-state index in [1.54, 1.807) is 0 Å². The molecule has 1 aliphatic heterocycles. The fraction of sp³-hybridized carbons (Fsp3) is 0.538. The maximum atomic E-state index is 3.49. The molecule has 1 aromatic rings. The standard InChI is InChI=1S/C13H19BrN2/c1-10-7-8-15-9-11(2)16(10)13-5-3-12(14)4-6-13/h3-6,10-11,15H,7-9H2,1-2H3. The number of benzene rings is 1. The van der Waals surface area contributed by atoms with Crippen LogP contribution in [0, 0.1) is 0 Å². The van der Waals surface area contributed by atoms with Crippen LogP contribution in [0.25, 0.3) is 0 Å². The smallest absolute Gasteiger partial charge is 0.0389 e. The molecule has 1 fully saturated rings. The van der Waals surface area contributed by atoms with Crippen LogP contribution in [0.3, 0.4) is 0 Å². The van der Waals surface area contributed by atoms with Gasteiger partial charge in [0.2, 0.25) is 0 Å². The number of hydrogen-bond acceptors (Lipinski definition) is 2. The van der Waals surface area contributed by atoms with E-state index in [4.69, 9.17) is 0 Å². The number of hydrogen-bond donors (Lipinski definition) is 1. The molecule has 0 saturated carbocycles. The van der Waals surface area contributed by atoms with E-state index in [0.29, 0.717) is 12.1 Å². The third kappa shape index (κ3) is 2.58. The van der Waals surface area contributed by atoms with Crippen LogP contribution < -0.4 is 10.2 Å². The van der Waals surface area contributed by atoms with Crippen LogP contribution >= 0.6 is 15.9 Å². The molecule has 1 heterocycles. The first-order valence-corrected chi connectivity index (χ1v) is 6.72. The Labute approximate surface area is 106 Å². The average molecular weight is 283 g/mol. The van der Waals surface area contributed by atoms with Crippen LogP contribution in [0.2, 0.25) is 0 Å². The summed E-state index contributed by atoms with van der Waals surface area (Å²) in [6.45, 7) is 6.79. The molecular weight excluding hydrogens is 264 g/mol. The van der Waals surface area contributed by atoms with Crippen LogP contribution in [-0.2, 0) is 0 Å². The third-order valence-corrected chi connectivity index (χ3v) is 3.78. The zero-order valence-electron chi connectivity index (χ0n) is 9.91. The molecule has 0 spiro atoms. The van der Waals surface area contributed by atoms with Crippen molar-refractivity contribution in [2.75, 3.05) is 18.0 Å². The SMILES string of the molecule is CC1CCNCC(C)N1c1ccc(Br)cc1. The fourth-order valence-electron chi connectivity index (χ4n) is 2.42. The lowest BCUT2D eigenvalue weighted by molar-refractivity contribution is 0.575. The van der Waals surface area contributed by atoms with Crippen LogP contribution in [0.15, 0.2) is 28.7 Å². The molecule has 0 aliphatic carbocycles. The molecule has 16 heavy (non-hydrogen) atoms. The maximum Gasteiger partial charge on any atom is 0.0389 e. The monoisotopic (exact) mass is 282 g/mol. The van der Waals surface area contributed by atoms with Gasteiger partial charge in [-0.15, -0.1) is 0 Å². The van der Waals surface area contributed by atoms with Crippen molar-refractivity contribution in [3.8, 4) is 0 Å². The molecule has 1 aromatic carbocycles. The molecule has 1 aliphatic rings. The highest BCUT2D eigenvalue weighted by atomic mass is 79.9. The van der Waals surface area contributed by atoms with Crippen molar-refractivity contribution >= 4 is 21.6 Å². The van der Waals surface area contributed by atoms with Crippen molar-refractivity contribution < 1.29 is 0 Å². The summed E-state index contributed by atoms with van der Waals surface area (Å²) in [7, 11) is 0. The van der Waals surface area contributed by atoms with Crippen molar-refractivity contribution in [1.82, 2.24) is 5.32 Å². The van der Waals surface area contributed by atoms with E-state index >= 15 is 0 Å². The van der Waals surface area contributed by atoms with Gasteiger partial charge in [-0.3, -0.25) is 0 Å². The molecule has 88 valence electrons. The molecule has 0 radical (unpaired) electrons. The summed E-state index contributed by atoms with van der Waals surface area (Å²) in [5, 5.41) is 3.49. The molecule has 2 nitrogen and oxygen atoms in total. The van der Waals surface area contributed by atoms with Gasteiger partial charge in [0.1, 0.15) is 0 Å². The summed E-state index contributed by atoms with van der Waals surface area (Å²) in [6.07, 6.45) is 1.21. The summed E-state index contributed by atoms with van der Waals surface area (Å²) in [5.41, 5.74) is 1.33. The van der Waals surface area contributed by atoms with E-state index in [9.17, 15) is 0 Å². The number of rotatable bonds is 1. The highest BCUT2D eigenvalue weighted by molar-refractivity contribution is 9.10. The van der Waals surface area contributed by atoms with Gasteiger partial charge in [-0.1, -0.05) is 15.9 Å². The number of nitrogens with one attached hydrogen (secondary N) is 1. The van der Waals surface area contributed by atoms with Crippen LogP contribution in [0.4, 0.5) is 5.69 Å². The minimum Gasteiger partial charge on any atom is -0.365 e. The van der Waals surface area contributed by atoms with Gasteiger partial charge in [-0.05, 0) is 51.1 Å². The highest BCUT2D eigenvalue weighted by Gasteiger charge is 2.22. The van der Waals surface area contributed by atoms with Gasteiger partial charge in [0.05, 0.1) is 0 Å². The molecule has 2 atom stereocenters. The summed E-state index contributed by atoms with van der Waals surface area (Å²) < 4.78 is 1.14. The molecule has 2 rings (SSSR count). The van der Waals surface area contributed by atoms with Crippen molar-refractivity contribution in [1.29, 1.82) is 0 Å². The molecule has 1 saturated heterocycles. The fourth-order valence-corrected chi connectivity index (χ4v) is 2.68. The minimum atomic E-state index is 0.554. The molecule has 0 bridgehead atoms. The zero-order chi connectivity index (χ0) is 11.5. The van der Waals surface area contributed by atoms with E-state index < -0.39 is 0 Å². The lowest BCUT2D eigenvalue weighted by Gasteiger charge is -2.34. The molecule has 0 amide bonds. The van der Waals surface area contributed by atoms with Gasteiger partial charge in [0.25, 0.3) is 0 Å². The van der Waals surface area contributed by atoms with E-state index in [1.165, 1.54) is 12.1 Å². The Bertz CT molecular complexity index is 324. The Morgan fingerprint density at radius 1 is 1.19 bits per heavy atom. The van der Waals surface area contributed by atoms with Gasteiger partial charge >= 0.3 is 0 Å². The molecule has 3 heteroatoms. The second-order valence-corrected chi connectivity index (χ2v) is 5.49. The predicted octanol–water partition coefficient (Wildman–Crippen LogP) is 3.03. The Morgan fingerprint density at radius 3 is 2.56 bits per heavy atom. The van der Waals surface area contributed by atoms with Gasteiger partial charge in [0, 0.05) is 28.8 Å². The Hall–Kier alpha value is -0.540. The molecule has 2 unspecified atom stereocenters. The van der Waals surface area contributed by atoms with Gasteiger partial charge in [-0.2, -0.15) is 0 Å². The molecular formula is C13H19BrN2. The van der Waals surface area contributed by atoms with E-state index in [2.05, 4.69) is 64.3 Å². The quantitative estimate of drug-likeness (QED) is 0.852. The number of nitrogens with zero attached hydrogens (tertiary/aromatic N) is 1. The van der Waals surface area contributed by atoms with Gasteiger partial charge in [0.15, 0.2) is 0 Å². The van der Waals surface area contributed by atoms with E-state index in [1.807, 2.05) is 0 Å². The topological polar surface area (TPSA) is 15.3 Å². The number of halogens is 1. The third-order valence-electron chi connectivity index (χ3n) is 3.25. The second-order valence-electron chi connectivity index (χ2n) is 4.57. The summed E-state index contributed by atoms with van der Waals surface area (Å²) in [6, 6.07) is 9.79. The highest BCUT2D eigenvalue weighted by Crippen LogP contribution is 2.24.